The fraction of sp³-hybridized carbons (Fsp3) is 1.00. The monoisotopic (exact) mass is 154 g/mol. The Morgan fingerprint density at radius 3 is 1.18 bits per heavy atom. The van der Waals surface area contributed by atoms with Crippen LogP contribution < -0.4 is 0 Å². The van der Waals surface area contributed by atoms with Gasteiger partial charge in [-0.15, -0.1) is 0 Å². The van der Waals surface area contributed by atoms with Crippen LogP contribution in [0.1, 0.15) is 48.0 Å². The maximum atomic E-state index is 2.41. The second-order valence-electron chi connectivity index (χ2n) is 5.73. The van der Waals surface area contributed by atoms with E-state index in [1.165, 1.54) is 6.42 Å². The Labute approximate surface area is 71.4 Å². The lowest BCUT2D eigenvalue weighted by molar-refractivity contribution is 0.235. The predicted molar refractivity (Wildman–Crippen MR) is 50.5 cm³/mol. The second kappa shape index (κ2) is 2.24. The average molecular weight is 154 g/mol. The summed E-state index contributed by atoms with van der Waals surface area (Å²) in [5.41, 5.74) is 1.12. The van der Waals surface area contributed by atoms with Crippen molar-refractivity contribution >= 4 is 0 Å². The summed E-state index contributed by atoms with van der Waals surface area (Å²) >= 11 is 0. The van der Waals surface area contributed by atoms with E-state index in [4.69, 9.17) is 0 Å². The molecule has 0 aliphatic heterocycles. The molecule has 2 atom stereocenters. The first-order chi connectivity index (χ1) is 4.77. The Kier molecular flexibility index (Phi) is 1.85. The third kappa shape index (κ3) is 1.32. The molecule has 1 fully saturated rings. The molecule has 0 radical (unpaired) electrons. The molecular weight excluding hydrogens is 132 g/mol. The summed E-state index contributed by atoms with van der Waals surface area (Å²) in [7, 11) is 0. The molecular formula is C11H22. The van der Waals surface area contributed by atoms with Crippen molar-refractivity contribution in [3.63, 3.8) is 0 Å². The summed E-state index contributed by atoms with van der Waals surface area (Å²) in [4.78, 5) is 0. The first-order valence-electron chi connectivity index (χ1n) is 4.77. The molecule has 0 amide bonds. The van der Waals surface area contributed by atoms with Crippen molar-refractivity contribution in [1.29, 1.82) is 0 Å². The summed E-state index contributed by atoms with van der Waals surface area (Å²) in [5.74, 6) is 1.75. The first-order valence-corrected chi connectivity index (χ1v) is 4.77. The SMILES string of the molecule is CC1C(C)C(C)(C)CC1(C)C. The molecule has 0 aromatic rings. The van der Waals surface area contributed by atoms with Gasteiger partial charge < -0.3 is 0 Å². The van der Waals surface area contributed by atoms with Crippen molar-refractivity contribution in [2.75, 3.05) is 0 Å². The highest BCUT2D eigenvalue weighted by Crippen LogP contribution is 2.55. The van der Waals surface area contributed by atoms with Gasteiger partial charge in [-0.3, -0.25) is 0 Å². The van der Waals surface area contributed by atoms with Crippen molar-refractivity contribution in [2.24, 2.45) is 22.7 Å². The van der Waals surface area contributed by atoms with Crippen LogP contribution in [0.15, 0.2) is 0 Å². The third-order valence-electron chi connectivity index (χ3n) is 4.13. The molecule has 0 bridgehead atoms. The maximum Gasteiger partial charge on any atom is -0.0321 e. The van der Waals surface area contributed by atoms with Gasteiger partial charge in [-0.2, -0.15) is 0 Å². The minimum absolute atomic E-state index is 0.558. The minimum Gasteiger partial charge on any atom is -0.0617 e. The molecule has 0 heteroatoms. The number of rotatable bonds is 0. The van der Waals surface area contributed by atoms with Crippen LogP contribution in [0.2, 0.25) is 0 Å². The van der Waals surface area contributed by atoms with Crippen LogP contribution in [0.4, 0.5) is 0 Å². The molecule has 0 spiro atoms. The van der Waals surface area contributed by atoms with Crippen LogP contribution in [0.5, 0.6) is 0 Å². The van der Waals surface area contributed by atoms with Gasteiger partial charge in [-0.1, -0.05) is 41.5 Å². The highest BCUT2D eigenvalue weighted by molar-refractivity contribution is 4.96. The topological polar surface area (TPSA) is 0 Å². The Hall–Kier alpha value is 0. The van der Waals surface area contributed by atoms with Gasteiger partial charge in [0.1, 0.15) is 0 Å². The Morgan fingerprint density at radius 2 is 1.09 bits per heavy atom. The molecule has 0 aromatic carbocycles. The maximum absolute atomic E-state index is 2.41. The second-order valence-corrected chi connectivity index (χ2v) is 5.73. The molecule has 0 saturated heterocycles. The van der Waals surface area contributed by atoms with Crippen molar-refractivity contribution in [3.05, 3.63) is 0 Å². The molecule has 0 N–H and O–H groups in total. The van der Waals surface area contributed by atoms with Gasteiger partial charge in [-0.05, 0) is 29.1 Å². The highest BCUT2D eigenvalue weighted by atomic mass is 14.5. The van der Waals surface area contributed by atoms with E-state index in [0.717, 1.165) is 11.8 Å². The van der Waals surface area contributed by atoms with Gasteiger partial charge in [0, 0.05) is 0 Å². The molecule has 66 valence electrons. The lowest BCUT2D eigenvalue weighted by Crippen LogP contribution is -2.18. The number of hydrogen-bond donors (Lipinski definition) is 0. The van der Waals surface area contributed by atoms with E-state index >= 15 is 0 Å². The van der Waals surface area contributed by atoms with Crippen LogP contribution in [-0.4, -0.2) is 0 Å². The van der Waals surface area contributed by atoms with Crippen LogP contribution in [0, 0.1) is 22.7 Å². The van der Waals surface area contributed by atoms with Gasteiger partial charge in [0.25, 0.3) is 0 Å². The molecule has 1 rings (SSSR count). The lowest BCUT2D eigenvalue weighted by Gasteiger charge is -2.25. The average Bonchev–Trinajstić information content (AvgIpc) is 1.91. The fourth-order valence-corrected chi connectivity index (χ4v) is 2.85. The smallest absolute Gasteiger partial charge is 0.0321 e. The van der Waals surface area contributed by atoms with Gasteiger partial charge in [0.15, 0.2) is 0 Å². The van der Waals surface area contributed by atoms with E-state index in [9.17, 15) is 0 Å². The summed E-state index contributed by atoms with van der Waals surface area (Å²) in [6.07, 6.45) is 1.38. The fourth-order valence-electron chi connectivity index (χ4n) is 2.85. The van der Waals surface area contributed by atoms with Crippen LogP contribution in [0.3, 0.4) is 0 Å². The molecule has 0 heterocycles. The van der Waals surface area contributed by atoms with Gasteiger partial charge in [0.05, 0.1) is 0 Å². The van der Waals surface area contributed by atoms with Gasteiger partial charge in [0.2, 0.25) is 0 Å². The van der Waals surface area contributed by atoms with E-state index in [0.29, 0.717) is 10.8 Å². The molecule has 11 heavy (non-hydrogen) atoms. The largest absolute Gasteiger partial charge is 0.0617 e. The van der Waals surface area contributed by atoms with E-state index < -0.39 is 0 Å². The van der Waals surface area contributed by atoms with Gasteiger partial charge in [-0.25, -0.2) is 0 Å². The summed E-state index contributed by atoms with van der Waals surface area (Å²) in [6, 6.07) is 0. The van der Waals surface area contributed by atoms with E-state index in [2.05, 4.69) is 41.5 Å². The molecule has 0 nitrogen and oxygen atoms in total. The Bertz CT molecular complexity index is 135. The summed E-state index contributed by atoms with van der Waals surface area (Å²) in [5, 5.41) is 0. The zero-order valence-electron chi connectivity index (χ0n) is 8.86. The van der Waals surface area contributed by atoms with Gasteiger partial charge >= 0.3 is 0 Å². The van der Waals surface area contributed by atoms with Crippen LogP contribution >= 0.6 is 0 Å². The van der Waals surface area contributed by atoms with Crippen molar-refractivity contribution in [2.45, 2.75) is 48.0 Å². The number of hydrogen-bond acceptors (Lipinski definition) is 0. The van der Waals surface area contributed by atoms with Crippen LogP contribution in [-0.2, 0) is 0 Å². The molecule has 2 unspecified atom stereocenters. The lowest BCUT2D eigenvalue weighted by atomic mass is 9.80. The van der Waals surface area contributed by atoms with E-state index in [1.54, 1.807) is 0 Å². The zero-order chi connectivity index (χ0) is 8.86. The van der Waals surface area contributed by atoms with Crippen molar-refractivity contribution < 1.29 is 0 Å². The zero-order valence-corrected chi connectivity index (χ0v) is 8.86. The van der Waals surface area contributed by atoms with E-state index in [-0.39, 0.29) is 0 Å². The normalized spacial score (nSPS) is 40.9. The first kappa shape index (κ1) is 9.09. The summed E-state index contributed by atoms with van der Waals surface area (Å²) in [6.45, 7) is 14.4. The molecule has 1 aliphatic rings. The van der Waals surface area contributed by atoms with E-state index in [1.807, 2.05) is 0 Å². The third-order valence-corrected chi connectivity index (χ3v) is 4.13. The Morgan fingerprint density at radius 1 is 0.818 bits per heavy atom. The standard InChI is InChI=1S/C11H22/c1-8-9(2)11(5,6)7-10(8,3)4/h8-9H,7H2,1-6H3. The predicted octanol–water partition coefficient (Wildman–Crippen LogP) is 3.71. The molecule has 1 aliphatic carbocycles. The Balaban J connectivity index is 2.86. The highest BCUT2D eigenvalue weighted by Gasteiger charge is 2.47. The minimum atomic E-state index is 0.558. The quantitative estimate of drug-likeness (QED) is 0.499. The van der Waals surface area contributed by atoms with Crippen molar-refractivity contribution in [3.8, 4) is 0 Å². The molecule has 0 aromatic heterocycles. The molecule has 1 saturated carbocycles. The van der Waals surface area contributed by atoms with Crippen LogP contribution in [0.25, 0.3) is 0 Å². The van der Waals surface area contributed by atoms with Crippen molar-refractivity contribution in [1.82, 2.24) is 0 Å². The summed E-state index contributed by atoms with van der Waals surface area (Å²) < 4.78 is 0.